The van der Waals surface area contributed by atoms with Crippen molar-refractivity contribution >= 4 is 5.97 Å². The van der Waals surface area contributed by atoms with Crippen molar-refractivity contribution in [1.29, 1.82) is 0 Å². The third-order valence-corrected chi connectivity index (χ3v) is 4.08. The van der Waals surface area contributed by atoms with Gasteiger partial charge < -0.3 is 10.1 Å². The Bertz CT molecular complexity index is 284. The van der Waals surface area contributed by atoms with Gasteiger partial charge in [-0.25, -0.2) is 0 Å². The molecule has 0 fully saturated rings. The van der Waals surface area contributed by atoms with Crippen molar-refractivity contribution in [2.24, 2.45) is 0 Å². The third-order valence-electron chi connectivity index (χ3n) is 4.08. The van der Waals surface area contributed by atoms with Crippen molar-refractivity contribution < 1.29 is 9.53 Å². The summed E-state index contributed by atoms with van der Waals surface area (Å²) in [4.78, 5) is 14.7. The van der Waals surface area contributed by atoms with Gasteiger partial charge >= 0.3 is 5.97 Å². The van der Waals surface area contributed by atoms with Crippen LogP contribution in [0.25, 0.3) is 0 Å². The summed E-state index contributed by atoms with van der Waals surface area (Å²) in [5.41, 5.74) is -0.606. The first-order chi connectivity index (χ1) is 9.36. The van der Waals surface area contributed by atoms with Gasteiger partial charge in [0.1, 0.15) is 5.54 Å². The number of hydrogen-bond acceptors (Lipinski definition) is 4. The van der Waals surface area contributed by atoms with Gasteiger partial charge in [-0.2, -0.15) is 0 Å². The highest BCUT2D eigenvalue weighted by molar-refractivity contribution is 5.80. The van der Waals surface area contributed by atoms with E-state index in [4.69, 9.17) is 4.74 Å². The van der Waals surface area contributed by atoms with E-state index in [9.17, 15) is 4.79 Å². The van der Waals surface area contributed by atoms with Crippen LogP contribution in [0.4, 0.5) is 0 Å². The molecule has 0 aromatic heterocycles. The summed E-state index contributed by atoms with van der Waals surface area (Å²) < 4.78 is 5.24. The minimum Gasteiger partial charge on any atom is -0.465 e. The lowest BCUT2D eigenvalue weighted by Crippen LogP contribution is -2.55. The Balaban J connectivity index is 4.92. The fourth-order valence-electron chi connectivity index (χ4n) is 2.91. The Morgan fingerprint density at radius 2 is 1.80 bits per heavy atom. The van der Waals surface area contributed by atoms with Crippen LogP contribution in [0, 0.1) is 0 Å². The molecule has 0 aliphatic heterocycles. The first-order valence-electron chi connectivity index (χ1n) is 8.04. The second-order valence-electron chi connectivity index (χ2n) is 5.72. The molecule has 0 rings (SSSR count). The van der Waals surface area contributed by atoms with E-state index in [1.54, 1.807) is 0 Å². The van der Waals surface area contributed by atoms with Crippen molar-refractivity contribution in [1.82, 2.24) is 10.2 Å². The van der Waals surface area contributed by atoms with E-state index in [0.29, 0.717) is 18.7 Å². The zero-order valence-corrected chi connectivity index (χ0v) is 14.5. The van der Waals surface area contributed by atoms with E-state index >= 15 is 0 Å². The number of nitrogens with one attached hydrogen (secondary N) is 1. The number of hydrogen-bond donors (Lipinski definition) is 1. The van der Waals surface area contributed by atoms with Gasteiger partial charge in [0.25, 0.3) is 0 Å². The number of esters is 1. The second kappa shape index (κ2) is 9.35. The molecule has 0 amide bonds. The van der Waals surface area contributed by atoms with E-state index in [2.05, 4.69) is 37.9 Å². The topological polar surface area (TPSA) is 41.6 Å². The lowest BCUT2D eigenvalue weighted by Gasteiger charge is -2.38. The number of likely N-dealkylation sites (N-methyl/N-ethyl adjacent to an activating group) is 1. The largest absolute Gasteiger partial charge is 0.465 e. The molecule has 3 unspecified atom stereocenters. The molecule has 1 N–H and O–H groups in total. The predicted octanol–water partition coefficient (Wildman–Crippen LogP) is 2.82. The lowest BCUT2D eigenvalue weighted by atomic mass is 9.92. The highest BCUT2D eigenvalue weighted by atomic mass is 16.5. The summed E-state index contributed by atoms with van der Waals surface area (Å²) >= 11 is 0. The summed E-state index contributed by atoms with van der Waals surface area (Å²) in [6.07, 6.45) is 1.88. The summed E-state index contributed by atoms with van der Waals surface area (Å²) in [6.45, 7) is 16.8. The number of carbonyl (C=O) groups is 1. The normalized spacial score (nSPS) is 17.6. The molecule has 0 aromatic carbocycles. The van der Waals surface area contributed by atoms with Gasteiger partial charge in [-0.3, -0.25) is 9.69 Å². The van der Waals surface area contributed by atoms with Gasteiger partial charge in [0.2, 0.25) is 0 Å². The first kappa shape index (κ1) is 19.4. The zero-order valence-electron chi connectivity index (χ0n) is 14.5. The van der Waals surface area contributed by atoms with Crippen LogP contribution in [0.3, 0.4) is 0 Å². The van der Waals surface area contributed by atoms with E-state index in [1.165, 1.54) is 0 Å². The predicted molar refractivity (Wildman–Crippen MR) is 84.9 cm³/mol. The SMILES string of the molecule is CCNC(C)(CC(C)N(CC)C(C)CC)C(=O)OCC. The van der Waals surface area contributed by atoms with E-state index in [-0.39, 0.29) is 5.97 Å². The van der Waals surface area contributed by atoms with Crippen LogP contribution in [0.15, 0.2) is 0 Å². The van der Waals surface area contributed by atoms with Gasteiger partial charge in [0.05, 0.1) is 6.61 Å². The molecule has 0 spiro atoms. The molecule has 4 nitrogen and oxygen atoms in total. The maximum absolute atomic E-state index is 12.2. The van der Waals surface area contributed by atoms with Crippen LogP contribution in [0.2, 0.25) is 0 Å². The van der Waals surface area contributed by atoms with Gasteiger partial charge in [-0.05, 0) is 53.6 Å². The molecule has 0 saturated heterocycles. The van der Waals surface area contributed by atoms with Crippen molar-refractivity contribution in [2.45, 2.75) is 78.9 Å². The van der Waals surface area contributed by atoms with Crippen LogP contribution < -0.4 is 5.32 Å². The Morgan fingerprint density at radius 1 is 1.20 bits per heavy atom. The summed E-state index contributed by atoms with van der Waals surface area (Å²) in [7, 11) is 0. The molecule has 0 saturated carbocycles. The number of nitrogens with zero attached hydrogens (tertiary/aromatic N) is 1. The molecule has 20 heavy (non-hydrogen) atoms. The maximum Gasteiger partial charge on any atom is 0.326 e. The highest BCUT2D eigenvalue weighted by Gasteiger charge is 2.37. The van der Waals surface area contributed by atoms with E-state index < -0.39 is 5.54 Å². The molecule has 0 aliphatic rings. The van der Waals surface area contributed by atoms with Gasteiger partial charge in [0, 0.05) is 12.1 Å². The van der Waals surface area contributed by atoms with Crippen molar-refractivity contribution in [3.63, 3.8) is 0 Å². The molecular formula is C16H34N2O2. The van der Waals surface area contributed by atoms with Crippen molar-refractivity contribution in [3.05, 3.63) is 0 Å². The summed E-state index contributed by atoms with van der Waals surface area (Å²) in [5.74, 6) is -0.145. The van der Waals surface area contributed by atoms with Crippen LogP contribution in [0.5, 0.6) is 0 Å². The van der Waals surface area contributed by atoms with Crippen molar-refractivity contribution in [3.8, 4) is 0 Å². The van der Waals surface area contributed by atoms with Gasteiger partial charge in [0.15, 0.2) is 0 Å². The molecule has 3 atom stereocenters. The van der Waals surface area contributed by atoms with Gasteiger partial charge in [-0.15, -0.1) is 0 Å². The lowest BCUT2D eigenvalue weighted by molar-refractivity contribution is -0.151. The molecule has 0 heterocycles. The fourth-order valence-corrected chi connectivity index (χ4v) is 2.91. The number of rotatable bonds is 10. The van der Waals surface area contributed by atoms with Crippen LogP contribution in [0.1, 0.15) is 61.3 Å². The Kier molecular flexibility index (Phi) is 9.06. The summed E-state index contributed by atoms with van der Waals surface area (Å²) in [6, 6.07) is 0.867. The fraction of sp³-hybridized carbons (Fsp3) is 0.938. The second-order valence-corrected chi connectivity index (χ2v) is 5.72. The molecule has 120 valence electrons. The monoisotopic (exact) mass is 286 g/mol. The van der Waals surface area contributed by atoms with Crippen LogP contribution in [-0.2, 0) is 9.53 Å². The van der Waals surface area contributed by atoms with Crippen LogP contribution >= 0.6 is 0 Å². The molecule has 0 bridgehead atoms. The van der Waals surface area contributed by atoms with Gasteiger partial charge in [-0.1, -0.05) is 20.8 Å². The van der Waals surface area contributed by atoms with Crippen molar-refractivity contribution in [2.75, 3.05) is 19.7 Å². The highest BCUT2D eigenvalue weighted by Crippen LogP contribution is 2.20. The van der Waals surface area contributed by atoms with Crippen LogP contribution in [-0.4, -0.2) is 48.2 Å². The average Bonchev–Trinajstić information content (AvgIpc) is 2.39. The average molecular weight is 286 g/mol. The molecule has 0 aromatic rings. The smallest absolute Gasteiger partial charge is 0.326 e. The maximum atomic E-state index is 12.2. The quantitative estimate of drug-likeness (QED) is 0.627. The first-order valence-corrected chi connectivity index (χ1v) is 8.04. The number of carbonyl (C=O) groups excluding carboxylic acids is 1. The molecule has 0 aliphatic carbocycles. The Morgan fingerprint density at radius 3 is 2.20 bits per heavy atom. The number of ether oxygens (including phenoxy) is 1. The minimum absolute atomic E-state index is 0.145. The van der Waals surface area contributed by atoms with E-state index in [1.807, 2.05) is 20.8 Å². The minimum atomic E-state index is -0.606. The van der Waals surface area contributed by atoms with E-state index in [0.717, 1.165) is 25.9 Å². The standard InChI is InChI=1S/C16H34N2O2/c1-8-13(5)18(10-3)14(6)12-16(7,17-9-2)15(19)20-11-4/h13-14,17H,8-12H2,1-7H3. The Labute approximate surface area is 125 Å². The molecule has 4 heteroatoms. The molecule has 0 radical (unpaired) electrons. The molecular weight excluding hydrogens is 252 g/mol. The Hall–Kier alpha value is -0.610. The third kappa shape index (κ3) is 5.41. The summed E-state index contributed by atoms with van der Waals surface area (Å²) in [5, 5.41) is 3.31. The zero-order chi connectivity index (χ0) is 15.8.